The Morgan fingerprint density at radius 1 is 1.20 bits per heavy atom. The van der Waals surface area contributed by atoms with E-state index in [0.717, 1.165) is 0 Å². The predicted octanol–water partition coefficient (Wildman–Crippen LogP) is -0.260. The van der Waals surface area contributed by atoms with Crippen molar-refractivity contribution in [2.24, 2.45) is 0 Å². The molecule has 0 radical (unpaired) electrons. The molecule has 0 saturated carbocycles. The molecule has 1 amide bonds. The molecule has 0 aromatic heterocycles. The molecule has 0 aromatic rings. The van der Waals surface area contributed by atoms with E-state index in [1.165, 1.54) is 0 Å². The van der Waals surface area contributed by atoms with Crippen LogP contribution in [0.25, 0.3) is 0 Å². The molecule has 7 heteroatoms. The van der Waals surface area contributed by atoms with Crippen LogP contribution >= 0.6 is 12.6 Å². The van der Waals surface area contributed by atoms with Crippen molar-refractivity contribution in [1.29, 1.82) is 0 Å². The molecule has 1 atom stereocenters. The van der Waals surface area contributed by atoms with E-state index >= 15 is 0 Å². The van der Waals surface area contributed by atoms with Crippen molar-refractivity contribution in [2.45, 2.75) is 25.3 Å². The Morgan fingerprint density at radius 3 is 2.20 bits per heavy atom. The molecule has 0 heterocycles. The van der Waals surface area contributed by atoms with E-state index < -0.39 is 23.9 Å². The van der Waals surface area contributed by atoms with Crippen molar-refractivity contribution in [3.8, 4) is 0 Å². The normalized spacial score (nSPS) is 11.8. The van der Waals surface area contributed by atoms with E-state index in [2.05, 4.69) is 17.9 Å². The minimum Gasteiger partial charge on any atom is -0.481 e. The molecule has 0 saturated heterocycles. The Morgan fingerprint density at radius 2 is 1.80 bits per heavy atom. The van der Waals surface area contributed by atoms with Gasteiger partial charge in [-0.1, -0.05) is 0 Å². The Kier molecular flexibility index (Phi) is 6.52. The Bertz CT molecular complexity index is 255. The number of rotatable bonds is 7. The van der Waals surface area contributed by atoms with E-state index in [4.69, 9.17) is 10.2 Å². The maximum absolute atomic E-state index is 11.0. The summed E-state index contributed by atoms with van der Waals surface area (Å²) in [6.07, 6.45) is -0.305. The highest BCUT2D eigenvalue weighted by atomic mass is 32.1. The zero-order valence-corrected chi connectivity index (χ0v) is 8.87. The van der Waals surface area contributed by atoms with Crippen LogP contribution in [0, 0.1) is 0 Å². The van der Waals surface area contributed by atoms with E-state index in [1.807, 2.05) is 0 Å². The smallest absolute Gasteiger partial charge is 0.326 e. The summed E-state index contributed by atoms with van der Waals surface area (Å²) in [5, 5.41) is 19.3. The highest BCUT2D eigenvalue weighted by molar-refractivity contribution is 7.80. The minimum atomic E-state index is -1.23. The Labute approximate surface area is 92.1 Å². The number of thiol groups is 1. The van der Waals surface area contributed by atoms with Gasteiger partial charge in [0.25, 0.3) is 0 Å². The number of hydrogen-bond donors (Lipinski definition) is 4. The maximum atomic E-state index is 11.0. The summed E-state index contributed by atoms with van der Waals surface area (Å²) in [7, 11) is 0. The van der Waals surface area contributed by atoms with E-state index in [0.29, 0.717) is 5.75 Å². The lowest BCUT2D eigenvalue weighted by atomic mass is 10.1. The monoisotopic (exact) mass is 235 g/mol. The molecule has 0 rings (SSSR count). The van der Waals surface area contributed by atoms with Crippen molar-refractivity contribution in [2.75, 3.05) is 5.75 Å². The van der Waals surface area contributed by atoms with Crippen LogP contribution in [0.4, 0.5) is 0 Å². The molecule has 0 fully saturated rings. The molecule has 6 nitrogen and oxygen atoms in total. The molecule has 0 bridgehead atoms. The lowest BCUT2D eigenvalue weighted by Crippen LogP contribution is -2.41. The van der Waals surface area contributed by atoms with E-state index in [1.54, 1.807) is 0 Å². The zero-order valence-electron chi connectivity index (χ0n) is 7.97. The molecule has 0 aliphatic heterocycles. The van der Waals surface area contributed by atoms with Crippen LogP contribution in [0.3, 0.4) is 0 Å². The maximum Gasteiger partial charge on any atom is 0.326 e. The molecule has 3 N–H and O–H groups in total. The number of carboxylic acid groups (broad SMARTS) is 2. The number of amides is 1. The first-order chi connectivity index (χ1) is 6.97. The second-order valence-electron chi connectivity index (χ2n) is 2.86. The second-order valence-corrected chi connectivity index (χ2v) is 3.31. The SMILES string of the molecule is O=C(O)CCC(NC(=O)CCS)C(=O)O. The van der Waals surface area contributed by atoms with Gasteiger partial charge in [0.15, 0.2) is 0 Å². The lowest BCUT2D eigenvalue weighted by molar-refractivity contribution is -0.143. The summed E-state index contributed by atoms with van der Waals surface area (Å²) in [5.74, 6) is -2.45. The minimum absolute atomic E-state index is 0.111. The quantitative estimate of drug-likeness (QED) is 0.455. The highest BCUT2D eigenvalue weighted by Crippen LogP contribution is 1.99. The van der Waals surface area contributed by atoms with Gasteiger partial charge in [0, 0.05) is 12.8 Å². The number of carboxylic acids is 2. The van der Waals surface area contributed by atoms with Gasteiger partial charge < -0.3 is 15.5 Å². The standard InChI is InChI=1S/C8H13NO5S/c10-6(3-4-15)9-5(8(13)14)1-2-7(11)12/h5,15H,1-4H2,(H,9,10)(H,11,12)(H,13,14). The fourth-order valence-electron chi connectivity index (χ4n) is 0.893. The van der Waals surface area contributed by atoms with Gasteiger partial charge in [0.1, 0.15) is 6.04 Å². The number of aliphatic carboxylic acids is 2. The van der Waals surface area contributed by atoms with Crippen LogP contribution in [0.5, 0.6) is 0 Å². The van der Waals surface area contributed by atoms with Gasteiger partial charge in [-0.25, -0.2) is 4.79 Å². The van der Waals surface area contributed by atoms with E-state index in [9.17, 15) is 14.4 Å². The van der Waals surface area contributed by atoms with Gasteiger partial charge >= 0.3 is 11.9 Å². The fourth-order valence-corrected chi connectivity index (χ4v) is 1.10. The zero-order chi connectivity index (χ0) is 11.8. The van der Waals surface area contributed by atoms with Crippen molar-refractivity contribution in [3.63, 3.8) is 0 Å². The molecule has 1 unspecified atom stereocenters. The van der Waals surface area contributed by atoms with Crippen molar-refractivity contribution in [3.05, 3.63) is 0 Å². The fraction of sp³-hybridized carbons (Fsp3) is 0.625. The summed E-state index contributed by atoms with van der Waals surface area (Å²) >= 11 is 3.82. The molecule has 0 spiro atoms. The molecule has 0 aliphatic rings. The third-order valence-corrected chi connectivity index (χ3v) is 1.84. The first kappa shape index (κ1) is 13.8. The first-order valence-electron chi connectivity index (χ1n) is 4.32. The molecule has 0 aromatic carbocycles. The number of carbonyl (C=O) groups excluding carboxylic acids is 1. The van der Waals surface area contributed by atoms with Gasteiger partial charge in [-0.2, -0.15) is 12.6 Å². The molecular formula is C8H13NO5S. The third kappa shape index (κ3) is 6.78. The summed E-state index contributed by atoms with van der Waals surface area (Å²) < 4.78 is 0. The molecule has 0 aliphatic carbocycles. The van der Waals surface area contributed by atoms with Crippen molar-refractivity contribution >= 4 is 30.5 Å². The van der Waals surface area contributed by atoms with Crippen LogP contribution in [0.15, 0.2) is 0 Å². The number of carbonyl (C=O) groups is 3. The Hall–Kier alpha value is -1.24. The molecule has 15 heavy (non-hydrogen) atoms. The van der Waals surface area contributed by atoms with Gasteiger partial charge in [-0.05, 0) is 12.2 Å². The summed E-state index contributed by atoms with van der Waals surface area (Å²) in [6.45, 7) is 0. The third-order valence-electron chi connectivity index (χ3n) is 1.62. The van der Waals surface area contributed by atoms with Crippen LogP contribution in [-0.2, 0) is 14.4 Å². The van der Waals surface area contributed by atoms with E-state index in [-0.39, 0.29) is 19.3 Å². The first-order valence-corrected chi connectivity index (χ1v) is 4.95. The van der Waals surface area contributed by atoms with Gasteiger partial charge in [0.05, 0.1) is 0 Å². The van der Waals surface area contributed by atoms with Crippen LogP contribution in [0.2, 0.25) is 0 Å². The average Bonchev–Trinajstić information content (AvgIpc) is 2.11. The van der Waals surface area contributed by atoms with Gasteiger partial charge in [-0.15, -0.1) is 0 Å². The van der Waals surface area contributed by atoms with Crippen LogP contribution in [0.1, 0.15) is 19.3 Å². The lowest BCUT2D eigenvalue weighted by Gasteiger charge is -2.12. The number of nitrogens with one attached hydrogen (secondary N) is 1. The highest BCUT2D eigenvalue weighted by Gasteiger charge is 2.20. The van der Waals surface area contributed by atoms with Crippen LogP contribution in [-0.4, -0.2) is 39.9 Å². The topological polar surface area (TPSA) is 104 Å². The Balaban J connectivity index is 4.10. The van der Waals surface area contributed by atoms with Crippen molar-refractivity contribution in [1.82, 2.24) is 5.32 Å². The summed E-state index contributed by atoms with van der Waals surface area (Å²) in [5.41, 5.74) is 0. The average molecular weight is 235 g/mol. The summed E-state index contributed by atoms with van der Waals surface area (Å²) in [4.78, 5) is 31.9. The number of hydrogen-bond acceptors (Lipinski definition) is 4. The van der Waals surface area contributed by atoms with Gasteiger partial charge in [-0.3, -0.25) is 9.59 Å². The second kappa shape index (κ2) is 7.10. The molecule has 86 valence electrons. The summed E-state index contributed by atoms with van der Waals surface area (Å²) in [6, 6.07) is -1.14. The van der Waals surface area contributed by atoms with Crippen molar-refractivity contribution < 1.29 is 24.6 Å². The van der Waals surface area contributed by atoms with Crippen LogP contribution < -0.4 is 5.32 Å². The largest absolute Gasteiger partial charge is 0.481 e. The van der Waals surface area contributed by atoms with Gasteiger partial charge in [0.2, 0.25) is 5.91 Å². The predicted molar refractivity (Wildman–Crippen MR) is 54.9 cm³/mol. The molecular weight excluding hydrogens is 222 g/mol.